The highest BCUT2D eigenvalue weighted by atomic mass is 16.5. The number of rotatable bonds is 4. The Morgan fingerprint density at radius 1 is 0.710 bits per heavy atom. The zero-order chi connectivity index (χ0) is 21.8. The molecule has 1 aliphatic heterocycles. The number of benzene rings is 3. The third-order valence-corrected chi connectivity index (χ3v) is 5.73. The fourth-order valence-corrected chi connectivity index (χ4v) is 4.13. The lowest BCUT2D eigenvalue weighted by Gasteiger charge is -2.24. The zero-order valence-corrected chi connectivity index (χ0v) is 17.8. The van der Waals surface area contributed by atoms with Crippen molar-refractivity contribution in [1.82, 2.24) is 9.80 Å². The molecule has 0 spiro atoms. The van der Waals surface area contributed by atoms with Crippen molar-refractivity contribution >= 4 is 22.6 Å². The largest absolute Gasteiger partial charge is 0.496 e. The second-order valence-corrected chi connectivity index (χ2v) is 7.50. The molecule has 0 unspecified atom stereocenters. The predicted octanol–water partition coefficient (Wildman–Crippen LogP) is 3.85. The van der Waals surface area contributed by atoms with E-state index in [2.05, 4.69) is 0 Å². The van der Waals surface area contributed by atoms with Crippen LogP contribution in [0.4, 0.5) is 0 Å². The van der Waals surface area contributed by atoms with Crippen molar-refractivity contribution in [3.05, 3.63) is 71.8 Å². The number of carbonyl (C=O) groups is 2. The van der Waals surface area contributed by atoms with Gasteiger partial charge in [-0.05, 0) is 35.4 Å². The van der Waals surface area contributed by atoms with Crippen molar-refractivity contribution in [3.63, 3.8) is 0 Å². The van der Waals surface area contributed by atoms with Gasteiger partial charge in [-0.1, -0.05) is 42.5 Å². The first kappa shape index (κ1) is 20.7. The maximum absolute atomic E-state index is 13.3. The van der Waals surface area contributed by atoms with Gasteiger partial charge < -0.3 is 19.3 Å². The Labute approximate surface area is 182 Å². The van der Waals surface area contributed by atoms with Crippen LogP contribution in [0.3, 0.4) is 0 Å². The molecule has 0 N–H and O–H groups in total. The maximum Gasteiger partial charge on any atom is 0.261 e. The number of methoxy groups -OCH3 is 2. The van der Waals surface area contributed by atoms with Crippen molar-refractivity contribution in [3.8, 4) is 11.5 Å². The molecule has 1 heterocycles. The summed E-state index contributed by atoms with van der Waals surface area (Å²) >= 11 is 0. The van der Waals surface area contributed by atoms with E-state index in [0.717, 1.165) is 10.8 Å². The van der Waals surface area contributed by atoms with E-state index in [1.165, 1.54) is 0 Å². The number of carbonyl (C=O) groups excluding carboxylic acids is 2. The Hall–Kier alpha value is -3.54. The molecule has 0 aliphatic carbocycles. The van der Waals surface area contributed by atoms with Gasteiger partial charge in [-0.25, -0.2) is 0 Å². The van der Waals surface area contributed by atoms with Gasteiger partial charge in [0.15, 0.2) is 0 Å². The molecule has 0 aromatic heterocycles. The van der Waals surface area contributed by atoms with Crippen LogP contribution in [0.25, 0.3) is 10.8 Å². The Bertz CT molecular complexity index is 1080. The normalized spacial score (nSPS) is 14.3. The van der Waals surface area contributed by atoms with Crippen LogP contribution >= 0.6 is 0 Å². The van der Waals surface area contributed by atoms with Crippen LogP contribution in [0, 0.1) is 0 Å². The van der Waals surface area contributed by atoms with E-state index in [4.69, 9.17) is 9.47 Å². The number of ether oxygens (including phenoxy) is 2. The van der Waals surface area contributed by atoms with E-state index in [1.54, 1.807) is 37.3 Å². The molecular formula is C25H26N2O4. The smallest absolute Gasteiger partial charge is 0.261 e. The first-order valence-corrected chi connectivity index (χ1v) is 10.4. The van der Waals surface area contributed by atoms with Gasteiger partial charge in [-0.15, -0.1) is 0 Å². The number of hydrogen-bond donors (Lipinski definition) is 0. The van der Waals surface area contributed by atoms with Crippen molar-refractivity contribution in [2.45, 2.75) is 6.42 Å². The molecule has 3 aromatic carbocycles. The lowest BCUT2D eigenvalue weighted by atomic mass is 10.0. The summed E-state index contributed by atoms with van der Waals surface area (Å²) in [6.45, 7) is 2.11. The van der Waals surface area contributed by atoms with Gasteiger partial charge in [0.2, 0.25) is 0 Å². The van der Waals surface area contributed by atoms with Crippen LogP contribution in [0.1, 0.15) is 27.1 Å². The van der Waals surface area contributed by atoms with Gasteiger partial charge in [0.25, 0.3) is 11.8 Å². The maximum atomic E-state index is 13.3. The summed E-state index contributed by atoms with van der Waals surface area (Å²) < 4.78 is 10.8. The van der Waals surface area contributed by atoms with Gasteiger partial charge in [-0.2, -0.15) is 0 Å². The molecule has 0 atom stereocenters. The minimum absolute atomic E-state index is 0.000899. The number of nitrogens with zero attached hydrogens (tertiary/aromatic N) is 2. The second kappa shape index (κ2) is 9.08. The van der Waals surface area contributed by atoms with E-state index < -0.39 is 0 Å². The highest BCUT2D eigenvalue weighted by Gasteiger charge is 2.27. The molecule has 31 heavy (non-hydrogen) atoms. The van der Waals surface area contributed by atoms with Gasteiger partial charge in [0.1, 0.15) is 17.1 Å². The van der Waals surface area contributed by atoms with Crippen molar-refractivity contribution in [1.29, 1.82) is 0 Å². The lowest BCUT2D eigenvalue weighted by Crippen LogP contribution is -2.37. The molecule has 160 valence electrons. The second-order valence-electron chi connectivity index (χ2n) is 7.50. The number of amides is 2. The van der Waals surface area contributed by atoms with Gasteiger partial charge >= 0.3 is 0 Å². The van der Waals surface area contributed by atoms with Crippen molar-refractivity contribution in [2.24, 2.45) is 0 Å². The molecule has 1 saturated heterocycles. The minimum atomic E-state index is -0.145. The fraction of sp³-hybridized carbons (Fsp3) is 0.280. The summed E-state index contributed by atoms with van der Waals surface area (Å²) in [6.07, 6.45) is 0.708. The highest BCUT2D eigenvalue weighted by molar-refractivity contribution is 6.07. The summed E-state index contributed by atoms with van der Waals surface area (Å²) in [7, 11) is 3.08. The quantitative estimate of drug-likeness (QED) is 0.646. The molecule has 3 aromatic rings. The Balaban J connectivity index is 1.54. The predicted molar refractivity (Wildman–Crippen MR) is 120 cm³/mol. The first-order valence-electron chi connectivity index (χ1n) is 10.4. The summed E-state index contributed by atoms with van der Waals surface area (Å²) in [5.41, 5.74) is 1.12. The number of hydrogen-bond acceptors (Lipinski definition) is 4. The molecule has 0 saturated carbocycles. The highest BCUT2D eigenvalue weighted by Crippen LogP contribution is 2.30. The van der Waals surface area contributed by atoms with Gasteiger partial charge in [0.05, 0.1) is 14.2 Å². The molecule has 1 aliphatic rings. The third kappa shape index (κ3) is 4.06. The number of fused-ring (bicyclic) bond motifs is 1. The average Bonchev–Trinajstić information content (AvgIpc) is 3.08. The zero-order valence-electron chi connectivity index (χ0n) is 17.8. The van der Waals surface area contributed by atoms with Crippen LogP contribution in [0.5, 0.6) is 11.5 Å². The Morgan fingerprint density at radius 2 is 1.29 bits per heavy atom. The topological polar surface area (TPSA) is 59.1 Å². The van der Waals surface area contributed by atoms with Crippen LogP contribution < -0.4 is 9.47 Å². The molecule has 2 amide bonds. The summed E-state index contributed by atoms with van der Waals surface area (Å²) in [5.74, 6) is 0.823. The fourth-order valence-electron chi connectivity index (χ4n) is 4.13. The molecule has 4 rings (SSSR count). The van der Waals surface area contributed by atoms with E-state index in [-0.39, 0.29) is 11.8 Å². The standard InChI is InChI=1S/C25H26N2O4/c1-30-21-12-6-13-22(31-2)23(21)25(29)27-15-7-14-26(16-17-27)24(28)20-11-5-9-18-8-3-4-10-19(18)20/h3-6,8-13H,7,14-17H2,1-2H3. The van der Waals surface area contributed by atoms with Crippen molar-refractivity contribution in [2.75, 3.05) is 40.4 Å². The molecule has 0 bridgehead atoms. The average molecular weight is 418 g/mol. The minimum Gasteiger partial charge on any atom is -0.496 e. The van der Waals surface area contributed by atoms with E-state index in [1.807, 2.05) is 47.4 Å². The molecule has 0 radical (unpaired) electrons. The molecule has 6 nitrogen and oxygen atoms in total. The summed E-state index contributed by atoms with van der Waals surface area (Å²) in [6, 6.07) is 19.0. The van der Waals surface area contributed by atoms with Crippen LogP contribution in [-0.2, 0) is 0 Å². The lowest BCUT2D eigenvalue weighted by molar-refractivity contribution is 0.0715. The van der Waals surface area contributed by atoms with Crippen LogP contribution in [0.15, 0.2) is 60.7 Å². The van der Waals surface area contributed by atoms with Crippen molar-refractivity contribution < 1.29 is 19.1 Å². The van der Waals surface area contributed by atoms with Crippen LogP contribution in [0.2, 0.25) is 0 Å². The van der Waals surface area contributed by atoms with E-state index >= 15 is 0 Å². The first-order chi connectivity index (χ1) is 15.1. The van der Waals surface area contributed by atoms with E-state index in [0.29, 0.717) is 55.2 Å². The molecular weight excluding hydrogens is 392 g/mol. The summed E-state index contributed by atoms with van der Waals surface area (Å²) in [5, 5.41) is 1.99. The van der Waals surface area contributed by atoms with Crippen LogP contribution in [-0.4, -0.2) is 62.0 Å². The Morgan fingerprint density at radius 3 is 1.97 bits per heavy atom. The van der Waals surface area contributed by atoms with Gasteiger partial charge in [-0.3, -0.25) is 9.59 Å². The molecule has 1 fully saturated rings. The summed E-state index contributed by atoms with van der Waals surface area (Å²) in [4.78, 5) is 30.2. The Kier molecular flexibility index (Phi) is 6.07. The molecule has 6 heteroatoms. The third-order valence-electron chi connectivity index (χ3n) is 5.73. The monoisotopic (exact) mass is 418 g/mol. The van der Waals surface area contributed by atoms with E-state index in [9.17, 15) is 9.59 Å². The van der Waals surface area contributed by atoms with Gasteiger partial charge in [0, 0.05) is 31.7 Å². The SMILES string of the molecule is COc1cccc(OC)c1C(=O)N1CCCN(C(=O)c2cccc3ccccc23)CC1.